The predicted octanol–water partition coefficient (Wildman–Crippen LogP) is -0.927. The van der Waals surface area contributed by atoms with Crippen molar-refractivity contribution in [2.45, 2.75) is 6.29 Å². The highest BCUT2D eigenvalue weighted by molar-refractivity contribution is 5.68. The van der Waals surface area contributed by atoms with Crippen molar-refractivity contribution < 1.29 is 9.47 Å². The zero-order chi connectivity index (χ0) is 13.6. The van der Waals surface area contributed by atoms with Crippen LogP contribution in [-0.2, 0) is 23.6 Å². The molecule has 8 nitrogen and oxygen atoms in total. The molecule has 0 aromatic carbocycles. The Morgan fingerprint density at radius 3 is 2.58 bits per heavy atom. The maximum Gasteiger partial charge on any atom is 0.332 e. The Morgan fingerprint density at radius 1 is 1.21 bits per heavy atom. The molecule has 19 heavy (non-hydrogen) atoms. The highest BCUT2D eigenvalue weighted by Crippen LogP contribution is 2.21. The summed E-state index contributed by atoms with van der Waals surface area (Å²) in [6.07, 6.45) is 0.857. The highest BCUT2D eigenvalue weighted by Gasteiger charge is 2.22. The minimum atomic E-state index is -0.598. The highest BCUT2D eigenvalue weighted by atomic mass is 16.7. The van der Waals surface area contributed by atoms with Gasteiger partial charge in [-0.1, -0.05) is 0 Å². The zero-order valence-electron chi connectivity index (χ0n) is 10.5. The van der Waals surface area contributed by atoms with E-state index in [1.165, 1.54) is 17.8 Å². The molecule has 0 aliphatic carbocycles. The molecule has 0 radical (unpaired) electrons. The van der Waals surface area contributed by atoms with Gasteiger partial charge in [0.1, 0.15) is 5.69 Å². The second-order valence-electron chi connectivity index (χ2n) is 4.25. The Bertz CT molecular complexity index is 758. The van der Waals surface area contributed by atoms with Crippen LogP contribution < -0.4 is 11.2 Å². The molecule has 0 N–H and O–H groups in total. The van der Waals surface area contributed by atoms with Crippen molar-refractivity contribution in [3.8, 4) is 0 Å². The summed E-state index contributed by atoms with van der Waals surface area (Å²) >= 11 is 0. The number of fused-ring (bicyclic) bond motifs is 1. The molecule has 0 atom stereocenters. The van der Waals surface area contributed by atoms with Crippen LogP contribution in [0.15, 0.2) is 15.8 Å². The van der Waals surface area contributed by atoms with E-state index in [-0.39, 0.29) is 11.2 Å². The van der Waals surface area contributed by atoms with Gasteiger partial charge >= 0.3 is 5.69 Å². The Morgan fingerprint density at radius 2 is 1.89 bits per heavy atom. The van der Waals surface area contributed by atoms with Crippen molar-refractivity contribution in [1.29, 1.82) is 0 Å². The molecule has 100 valence electrons. The number of aryl methyl sites for hydroxylation is 1. The minimum Gasteiger partial charge on any atom is -0.345 e. The summed E-state index contributed by atoms with van der Waals surface area (Å²) < 4.78 is 12.9. The first kappa shape index (κ1) is 12.0. The lowest BCUT2D eigenvalue weighted by molar-refractivity contribution is -0.0473. The van der Waals surface area contributed by atoms with Gasteiger partial charge in [-0.15, -0.1) is 0 Å². The van der Waals surface area contributed by atoms with Crippen LogP contribution in [0.1, 0.15) is 12.0 Å². The average Bonchev–Trinajstić information content (AvgIpc) is 2.96. The molecule has 2 aromatic heterocycles. The first-order valence-electron chi connectivity index (χ1n) is 5.75. The maximum absolute atomic E-state index is 12.0. The monoisotopic (exact) mass is 264 g/mol. The van der Waals surface area contributed by atoms with Gasteiger partial charge in [0.25, 0.3) is 5.56 Å². The molecule has 3 heterocycles. The molecule has 0 bridgehead atoms. The van der Waals surface area contributed by atoms with E-state index in [9.17, 15) is 9.59 Å². The number of nitrogens with zero attached hydrogens (tertiary/aromatic N) is 4. The van der Waals surface area contributed by atoms with Crippen LogP contribution in [0.2, 0.25) is 0 Å². The Kier molecular flexibility index (Phi) is 2.68. The number of hydrogen-bond acceptors (Lipinski definition) is 6. The standard InChI is InChI=1S/C11H12N4O4/c1-14-8-7(9(16)15(2)11(14)17)13-6(5-12-8)10-18-3-4-19-10/h5,10H,3-4H2,1-2H3. The predicted molar refractivity (Wildman–Crippen MR) is 64.7 cm³/mol. The van der Waals surface area contributed by atoms with E-state index in [1.807, 2.05) is 0 Å². The zero-order valence-corrected chi connectivity index (χ0v) is 10.5. The molecule has 0 saturated carbocycles. The van der Waals surface area contributed by atoms with Crippen LogP contribution >= 0.6 is 0 Å². The SMILES string of the molecule is Cn1c(=O)c2nc(C3OCCO3)cnc2n(C)c1=O. The summed E-state index contributed by atoms with van der Waals surface area (Å²) in [6, 6.07) is 0. The van der Waals surface area contributed by atoms with E-state index in [2.05, 4.69) is 9.97 Å². The summed E-state index contributed by atoms with van der Waals surface area (Å²) in [7, 11) is 2.95. The van der Waals surface area contributed by atoms with Gasteiger partial charge in [-0.3, -0.25) is 13.9 Å². The fourth-order valence-corrected chi connectivity index (χ4v) is 1.99. The second kappa shape index (κ2) is 4.25. The lowest BCUT2D eigenvalue weighted by Gasteiger charge is -2.10. The van der Waals surface area contributed by atoms with Crippen molar-refractivity contribution in [2.24, 2.45) is 14.1 Å². The van der Waals surface area contributed by atoms with Crippen LogP contribution in [0.4, 0.5) is 0 Å². The van der Waals surface area contributed by atoms with E-state index in [0.29, 0.717) is 18.9 Å². The maximum atomic E-state index is 12.0. The van der Waals surface area contributed by atoms with E-state index in [1.54, 1.807) is 7.05 Å². The first-order chi connectivity index (χ1) is 9.09. The lowest BCUT2D eigenvalue weighted by atomic mass is 10.4. The first-order valence-corrected chi connectivity index (χ1v) is 5.75. The average molecular weight is 264 g/mol. The normalized spacial score (nSPS) is 16.3. The molecular weight excluding hydrogens is 252 g/mol. The van der Waals surface area contributed by atoms with Crippen LogP contribution in [-0.4, -0.2) is 32.3 Å². The molecule has 1 saturated heterocycles. The topological polar surface area (TPSA) is 88.2 Å². The van der Waals surface area contributed by atoms with Gasteiger partial charge in [0.2, 0.25) is 6.29 Å². The van der Waals surface area contributed by atoms with Gasteiger partial charge in [0.15, 0.2) is 11.2 Å². The van der Waals surface area contributed by atoms with Gasteiger partial charge in [-0.25, -0.2) is 14.8 Å². The molecule has 0 unspecified atom stereocenters. The van der Waals surface area contributed by atoms with Gasteiger partial charge in [-0.05, 0) is 0 Å². The molecule has 1 aliphatic rings. The fourth-order valence-electron chi connectivity index (χ4n) is 1.99. The quantitative estimate of drug-likeness (QED) is 0.661. The van der Waals surface area contributed by atoms with Gasteiger partial charge in [-0.2, -0.15) is 0 Å². The summed E-state index contributed by atoms with van der Waals surface area (Å²) in [5.41, 5.74) is -0.116. The number of rotatable bonds is 1. The van der Waals surface area contributed by atoms with Crippen LogP contribution in [0.3, 0.4) is 0 Å². The Balaban J connectivity index is 2.28. The number of aromatic nitrogens is 4. The Hall–Kier alpha value is -2.06. The molecule has 1 aliphatic heterocycles. The molecule has 0 amide bonds. The van der Waals surface area contributed by atoms with Crippen molar-refractivity contribution in [3.63, 3.8) is 0 Å². The fraction of sp³-hybridized carbons (Fsp3) is 0.455. The van der Waals surface area contributed by atoms with E-state index in [4.69, 9.17) is 9.47 Å². The van der Waals surface area contributed by atoms with Gasteiger partial charge < -0.3 is 9.47 Å². The van der Waals surface area contributed by atoms with Crippen molar-refractivity contribution in [3.05, 3.63) is 32.7 Å². The lowest BCUT2D eigenvalue weighted by Crippen LogP contribution is -2.37. The summed E-state index contributed by atoms with van der Waals surface area (Å²) in [4.78, 5) is 32.1. The third-order valence-corrected chi connectivity index (χ3v) is 3.03. The Labute approximate surface area is 107 Å². The van der Waals surface area contributed by atoms with Crippen molar-refractivity contribution in [1.82, 2.24) is 19.1 Å². The minimum absolute atomic E-state index is 0.126. The van der Waals surface area contributed by atoms with E-state index < -0.39 is 17.5 Å². The third-order valence-electron chi connectivity index (χ3n) is 3.03. The van der Waals surface area contributed by atoms with E-state index >= 15 is 0 Å². The summed E-state index contributed by atoms with van der Waals surface area (Å²) in [6.45, 7) is 0.964. The van der Waals surface area contributed by atoms with Crippen LogP contribution in [0, 0.1) is 0 Å². The largest absolute Gasteiger partial charge is 0.345 e. The molecular formula is C11H12N4O4. The van der Waals surface area contributed by atoms with Crippen LogP contribution in [0.25, 0.3) is 11.2 Å². The second-order valence-corrected chi connectivity index (χ2v) is 4.25. The number of hydrogen-bond donors (Lipinski definition) is 0. The summed E-state index contributed by atoms with van der Waals surface area (Å²) in [5, 5.41) is 0. The molecule has 0 spiro atoms. The molecule has 2 aromatic rings. The molecule has 8 heteroatoms. The van der Waals surface area contributed by atoms with E-state index in [0.717, 1.165) is 4.57 Å². The van der Waals surface area contributed by atoms with Gasteiger partial charge in [0.05, 0.1) is 19.4 Å². The smallest absolute Gasteiger partial charge is 0.332 e. The summed E-state index contributed by atoms with van der Waals surface area (Å²) in [5.74, 6) is 0. The third kappa shape index (κ3) is 1.76. The van der Waals surface area contributed by atoms with Crippen LogP contribution in [0.5, 0.6) is 0 Å². The van der Waals surface area contributed by atoms with Crippen molar-refractivity contribution in [2.75, 3.05) is 13.2 Å². The van der Waals surface area contributed by atoms with Crippen molar-refractivity contribution >= 4 is 11.2 Å². The van der Waals surface area contributed by atoms with Gasteiger partial charge in [0, 0.05) is 14.1 Å². The molecule has 3 rings (SSSR count). The number of ether oxygens (including phenoxy) is 2. The molecule has 1 fully saturated rings.